The van der Waals surface area contributed by atoms with Crippen LogP contribution in [0.5, 0.6) is 0 Å². The highest BCUT2D eigenvalue weighted by Gasteiger charge is 2.27. The van der Waals surface area contributed by atoms with Gasteiger partial charge in [-0.25, -0.2) is 0 Å². The van der Waals surface area contributed by atoms with E-state index in [0.717, 1.165) is 12.5 Å². The molecular weight excluding hydrogens is 244 g/mol. The van der Waals surface area contributed by atoms with Crippen LogP contribution in [0, 0.1) is 5.92 Å². The van der Waals surface area contributed by atoms with E-state index in [1.54, 1.807) is 0 Å². The third-order valence-electron chi connectivity index (χ3n) is 5.33. The summed E-state index contributed by atoms with van der Waals surface area (Å²) in [7, 11) is 0. The second-order valence-electron chi connectivity index (χ2n) is 6.73. The Balaban J connectivity index is 1.72. The van der Waals surface area contributed by atoms with Gasteiger partial charge in [-0.05, 0) is 50.2 Å². The van der Waals surface area contributed by atoms with Crippen LogP contribution in [-0.4, -0.2) is 18.6 Å². The predicted molar refractivity (Wildman–Crippen MR) is 86.1 cm³/mol. The molecule has 110 valence electrons. The van der Waals surface area contributed by atoms with E-state index in [2.05, 4.69) is 36.1 Å². The zero-order valence-corrected chi connectivity index (χ0v) is 12.7. The fourth-order valence-electron chi connectivity index (χ4n) is 3.98. The fraction of sp³-hybridized carbons (Fsp3) is 0.667. The number of hydrogen-bond donors (Lipinski definition) is 1. The summed E-state index contributed by atoms with van der Waals surface area (Å²) in [6.45, 7) is 3.38. The maximum Gasteiger partial charge on any atom is 0.0401 e. The van der Waals surface area contributed by atoms with Crippen LogP contribution in [-0.2, 0) is 6.42 Å². The van der Waals surface area contributed by atoms with Gasteiger partial charge in [-0.15, -0.1) is 0 Å². The largest absolute Gasteiger partial charge is 0.367 e. The van der Waals surface area contributed by atoms with Gasteiger partial charge < -0.3 is 10.6 Å². The number of nitrogens with zero attached hydrogens (tertiary/aromatic N) is 1. The molecule has 2 unspecified atom stereocenters. The van der Waals surface area contributed by atoms with Gasteiger partial charge in [-0.1, -0.05) is 37.5 Å². The van der Waals surface area contributed by atoms with E-state index in [0.29, 0.717) is 12.1 Å². The molecule has 1 heterocycles. The first kappa shape index (κ1) is 13.9. The standard InChI is InChI=1S/C18H28N2/c1-14-11-12-16-9-5-6-10-18(16)20(14)13-17(19)15-7-3-2-4-8-15/h5-6,9-10,14-15,17H,2-4,7-8,11-13,19H2,1H3. The Hall–Kier alpha value is -1.02. The van der Waals surface area contributed by atoms with Crippen LogP contribution in [0.15, 0.2) is 24.3 Å². The highest BCUT2D eigenvalue weighted by atomic mass is 15.2. The number of para-hydroxylation sites is 1. The van der Waals surface area contributed by atoms with E-state index in [1.165, 1.54) is 56.2 Å². The second-order valence-corrected chi connectivity index (χ2v) is 6.73. The first-order valence-electron chi connectivity index (χ1n) is 8.36. The molecule has 0 saturated heterocycles. The molecule has 3 rings (SSSR count). The number of nitrogens with two attached hydrogens (primary N) is 1. The molecule has 2 heteroatoms. The van der Waals surface area contributed by atoms with Crippen LogP contribution in [0.1, 0.15) is 51.0 Å². The van der Waals surface area contributed by atoms with Crippen LogP contribution in [0.4, 0.5) is 5.69 Å². The molecule has 2 nitrogen and oxygen atoms in total. The minimum absolute atomic E-state index is 0.337. The molecule has 0 spiro atoms. The number of aryl methyl sites for hydroxylation is 1. The van der Waals surface area contributed by atoms with Crippen molar-refractivity contribution in [3.05, 3.63) is 29.8 Å². The highest BCUT2D eigenvalue weighted by molar-refractivity contribution is 5.56. The van der Waals surface area contributed by atoms with Crippen molar-refractivity contribution in [2.24, 2.45) is 11.7 Å². The number of rotatable bonds is 3. The van der Waals surface area contributed by atoms with Crippen LogP contribution >= 0.6 is 0 Å². The molecule has 1 fully saturated rings. The first-order valence-corrected chi connectivity index (χ1v) is 8.36. The third-order valence-corrected chi connectivity index (χ3v) is 5.33. The molecular formula is C18H28N2. The van der Waals surface area contributed by atoms with Crippen molar-refractivity contribution < 1.29 is 0 Å². The fourth-order valence-corrected chi connectivity index (χ4v) is 3.98. The summed E-state index contributed by atoms with van der Waals surface area (Å²) >= 11 is 0. The Kier molecular flexibility index (Phi) is 4.30. The lowest BCUT2D eigenvalue weighted by atomic mass is 9.83. The third kappa shape index (κ3) is 2.85. The van der Waals surface area contributed by atoms with E-state index in [9.17, 15) is 0 Å². The Bertz CT molecular complexity index is 437. The van der Waals surface area contributed by atoms with Crippen molar-refractivity contribution in [2.75, 3.05) is 11.4 Å². The lowest BCUT2D eigenvalue weighted by molar-refractivity contribution is 0.300. The van der Waals surface area contributed by atoms with Gasteiger partial charge in [-0.3, -0.25) is 0 Å². The van der Waals surface area contributed by atoms with Gasteiger partial charge in [0.2, 0.25) is 0 Å². The summed E-state index contributed by atoms with van der Waals surface area (Å²) in [6, 6.07) is 9.84. The molecule has 2 atom stereocenters. The molecule has 0 radical (unpaired) electrons. The van der Waals surface area contributed by atoms with Crippen molar-refractivity contribution in [1.29, 1.82) is 0 Å². The molecule has 0 aromatic heterocycles. The van der Waals surface area contributed by atoms with Crippen molar-refractivity contribution in [3.8, 4) is 0 Å². The molecule has 0 amide bonds. The van der Waals surface area contributed by atoms with Crippen molar-refractivity contribution in [1.82, 2.24) is 0 Å². The van der Waals surface area contributed by atoms with E-state index >= 15 is 0 Å². The quantitative estimate of drug-likeness (QED) is 0.908. The lowest BCUT2D eigenvalue weighted by Gasteiger charge is -2.40. The number of hydrogen-bond acceptors (Lipinski definition) is 2. The minimum Gasteiger partial charge on any atom is -0.367 e. The summed E-state index contributed by atoms with van der Waals surface area (Å²) in [5.41, 5.74) is 9.49. The van der Waals surface area contributed by atoms with Crippen molar-refractivity contribution in [2.45, 2.75) is 64.0 Å². The Labute approximate surface area is 123 Å². The normalized spacial score (nSPS) is 25.3. The molecule has 20 heavy (non-hydrogen) atoms. The van der Waals surface area contributed by atoms with Gasteiger partial charge in [0.05, 0.1) is 0 Å². The van der Waals surface area contributed by atoms with Gasteiger partial charge in [0.15, 0.2) is 0 Å². The summed E-state index contributed by atoms with van der Waals surface area (Å²) in [4.78, 5) is 2.57. The zero-order valence-electron chi connectivity index (χ0n) is 12.7. The smallest absolute Gasteiger partial charge is 0.0401 e. The average Bonchev–Trinajstić information content (AvgIpc) is 2.51. The highest BCUT2D eigenvalue weighted by Crippen LogP contribution is 2.32. The van der Waals surface area contributed by atoms with Crippen LogP contribution in [0.3, 0.4) is 0 Å². The number of anilines is 1. The monoisotopic (exact) mass is 272 g/mol. The van der Waals surface area contributed by atoms with Crippen LogP contribution < -0.4 is 10.6 Å². The van der Waals surface area contributed by atoms with Gasteiger partial charge >= 0.3 is 0 Å². The lowest BCUT2D eigenvalue weighted by Crippen LogP contribution is -2.48. The van der Waals surface area contributed by atoms with Gasteiger partial charge in [-0.2, -0.15) is 0 Å². The predicted octanol–water partition coefficient (Wildman–Crippen LogP) is 3.74. The molecule has 1 aromatic rings. The molecule has 1 aromatic carbocycles. The average molecular weight is 272 g/mol. The van der Waals surface area contributed by atoms with E-state index in [1.807, 2.05) is 0 Å². The molecule has 2 aliphatic rings. The van der Waals surface area contributed by atoms with E-state index in [4.69, 9.17) is 5.73 Å². The van der Waals surface area contributed by atoms with E-state index < -0.39 is 0 Å². The minimum atomic E-state index is 0.337. The van der Waals surface area contributed by atoms with Gasteiger partial charge in [0.25, 0.3) is 0 Å². The molecule has 1 aliphatic carbocycles. The first-order chi connectivity index (χ1) is 9.75. The molecule has 0 bridgehead atoms. The van der Waals surface area contributed by atoms with Crippen molar-refractivity contribution >= 4 is 5.69 Å². The summed E-state index contributed by atoms with van der Waals surface area (Å²) in [5, 5.41) is 0. The summed E-state index contributed by atoms with van der Waals surface area (Å²) in [6.07, 6.45) is 9.32. The maximum atomic E-state index is 6.56. The molecule has 1 aliphatic heterocycles. The SMILES string of the molecule is CC1CCc2ccccc2N1CC(N)C1CCCCC1. The van der Waals surface area contributed by atoms with Crippen LogP contribution in [0.25, 0.3) is 0 Å². The van der Waals surface area contributed by atoms with Crippen molar-refractivity contribution in [3.63, 3.8) is 0 Å². The summed E-state index contributed by atoms with van der Waals surface area (Å²) < 4.78 is 0. The Morgan fingerprint density at radius 3 is 2.70 bits per heavy atom. The molecule has 1 saturated carbocycles. The number of fused-ring (bicyclic) bond motifs is 1. The van der Waals surface area contributed by atoms with Gasteiger partial charge in [0, 0.05) is 24.3 Å². The topological polar surface area (TPSA) is 29.3 Å². The van der Waals surface area contributed by atoms with Gasteiger partial charge in [0.1, 0.15) is 0 Å². The molecule has 2 N–H and O–H groups in total. The van der Waals surface area contributed by atoms with Crippen LogP contribution in [0.2, 0.25) is 0 Å². The zero-order chi connectivity index (χ0) is 13.9. The second kappa shape index (κ2) is 6.17. The summed E-state index contributed by atoms with van der Waals surface area (Å²) in [5.74, 6) is 0.741. The maximum absolute atomic E-state index is 6.56. The Morgan fingerprint density at radius 1 is 1.15 bits per heavy atom. The Morgan fingerprint density at radius 2 is 1.90 bits per heavy atom. The van der Waals surface area contributed by atoms with E-state index in [-0.39, 0.29) is 0 Å². The number of benzene rings is 1.